The molecule has 0 aliphatic heterocycles. The Morgan fingerprint density at radius 3 is 2.46 bits per heavy atom. The van der Waals surface area contributed by atoms with Crippen LogP contribution in [0.5, 0.6) is 0 Å². The van der Waals surface area contributed by atoms with E-state index in [1.807, 2.05) is 6.92 Å². The number of carbonyl (C=O) groups is 1. The molecule has 1 aliphatic rings. The maximum Gasteiger partial charge on any atom is 0.180 e. The Bertz CT molecular complexity index is 600. The first-order chi connectivity index (χ1) is 11.3. The van der Waals surface area contributed by atoms with Crippen molar-refractivity contribution in [3.63, 3.8) is 0 Å². The third-order valence-corrected chi connectivity index (χ3v) is 5.00. The van der Waals surface area contributed by atoms with Crippen LogP contribution in [0.15, 0.2) is 12.1 Å². The largest absolute Gasteiger partial charge is 0.481 e. The number of Topliss-reactive ketones (excluding diaryl/α,β-unsaturated/α-hetero) is 1. The number of rotatable bonds is 5. The minimum absolute atomic E-state index is 0.0932. The molecule has 1 saturated carbocycles. The van der Waals surface area contributed by atoms with E-state index in [1.54, 1.807) is 0 Å². The van der Waals surface area contributed by atoms with Crippen molar-refractivity contribution in [2.75, 3.05) is 6.61 Å². The highest BCUT2D eigenvalue weighted by Crippen LogP contribution is 2.38. The van der Waals surface area contributed by atoms with E-state index in [-0.39, 0.29) is 23.5 Å². The first-order valence-electron chi connectivity index (χ1n) is 8.82. The quantitative estimate of drug-likeness (QED) is 0.636. The van der Waals surface area contributed by atoms with Crippen LogP contribution in [0.1, 0.15) is 60.8 Å². The van der Waals surface area contributed by atoms with Crippen molar-refractivity contribution in [1.82, 2.24) is 0 Å². The van der Waals surface area contributed by atoms with Gasteiger partial charge in [0.05, 0.1) is 12.7 Å². The minimum atomic E-state index is -0.634. The van der Waals surface area contributed by atoms with E-state index in [2.05, 4.69) is 32.9 Å². The molecule has 0 aromatic heterocycles. The van der Waals surface area contributed by atoms with Crippen LogP contribution in [-0.4, -0.2) is 29.5 Å². The summed E-state index contributed by atoms with van der Waals surface area (Å²) in [4.78, 5) is 12.6. The standard InChI is InChI=1S/C20H29NO3/c1-5-24-19(21)7-6-16-17(22)10-15(11-18(16)23)20-13(3)8-12(2)9-14(20)4/h8-9,15-17,21-22H,5-7,10-11H2,1-4H3. The smallest absolute Gasteiger partial charge is 0.180 e. The van der Waals surface area contributed by atoms with Crippen LogP contribution in [0.2, 0.25) is 0 Å². The molecule has 24 heavy (non-hydrogen) atoms. The second kappa shape index (κ2) is 7.93. The lowest BCUT2D eigenvalue weighted by Crippen LogP contribution is -2.36. The van der Waals surface area contributed by atoms with Crippen molar-refractivity contribution in [1.29, 1.82) is 5.41 Å². The van der Waals surface area contributed by atoms with E-state index in [1.165, 1.54) is 22.3 Å². The van der Waals surface area contributed by atoms with Gasteiger partial charge in [-0.1, -0.05) is 17.7 Å². The topological polar surface area (TPSA) is 70.4 Å². The molecule has 3 atom stereocenters. The molecule has 1 aromatic rings. The van der Waals surface area contributed by atoms with Crippen LogP contribution >= 0.6 is 0 Å². The average molecular weight is 331 g/mol. The molecule has 2 rings (SSSR count). The van der Waals surface area contributed by atoms with Crippen molar-refractivity contribution in [2.45, 2.75) is 65.4 Å². The van der Waals surface area contributed by atoms with Gasteiger partial charge in [0.1, 0.15) is 5.78 Å². The number of aryl methyl sites for hydroxylation is 3. The number of ether oxygens (including phenoxy) is 1. The number of benzene rings is 1. The van der Waals surface area contributed by atoms with Crippen molar-refractivity contribution in [3.8, 4) is 0 Å². The molecule has 4 nitrogen and oxygen atoms in total. The molecule has 2 N–H and O–H groups in total. The summed E-state index contributed by atoms with van der Waals surface area (Å²) in [5.74, 6) is 0.0380. The second-order valence-electron chi connectivity index (χ2n) is 6.98. The van der Waals surface area contributed by atoms with Gasteiger partial charge in [0, 0.05) is 18.8 Å². The molecular weight excluding hydrogens is 302 g/mol. The van der Waals surface area contributed by atoms with Gasteiger partial charge in [-0.2, -0.15) is 0 Å². The summed E-state index contributed by atoms with van der Waals surface area (Å²) in [5, 5.41) is 18.2. The molecule has 1 fully saturated rings. The molecule has 1 aliphatic carbocycles. The molecular formula is C20H29NO3. The normalized spacial score (nSPS) is 24.0. The van der Waals surface area contributed by atoms with Crippen LogP contribution in [-0.2, 0) is 9.53 Å². The molecule has 0 heterocycles. The second-order valence-corrected chi connectivity index (χ2v) is 6.98. The number of hydrogen-bond acceptors (Lipinski definition) is 4. The Hall–Kier alpha value is -1.68. The summed E-state index contributed by atoms with van der Waals surface area (Å²) in [7, 11) is 0. The summed E-state index contributed by atoms with van der Waals surface area (Å²) >= 11 is 0. The fourth-order valence-electron chi connectivity index (χ4n) is 4.09. The van der Waals surface area contributed by atoms with Gasteiger partial charge in [-0.15, -0.1) is 0 Å². The average Bonchev–Trinajstić information content (AvgIpc) is 2.45. The summed E-state index contributed by atoms with van der Waals surface area (Å²) in [6.07, 6.45) is 1.37. The Morgan fingerprint density at radius 2 is 1.92 bits per heavy atom. The van der Waals surface area contributed by atoms with Gasteiger partial charge in [0.15, 0.2) is 5.90 Å². The highest BCUT2D eigenvalue weighted by Gasteiger charge is 2.37. The monoisotopic (exact) mass is 331 g/mol. The summed E-state index contributed by atoms with van der Waals surface area (Å²) in [6.45, 7) is 8.55. The molecule has 4 heteroatoms. The minimum Gasteiger partial charge on any atom is -0.481 e. The number of carbonyl (C=O) groups excluding carboxylic acids is 1. The van der Waals surface area contributed by atoms with Gasteiger partial charge < -0.3 is 9.84 Å². The molecule has 3 unspecified atom stereocenters. The maximum absolute atomic E-state index is 12.6. The van der Waals surface area contributed by atoms with Crippen LogP contribution in [0.4, 0.5) is 0 Å². The lowest BCUT2D eigenvalue weighted by atomic mass is 9.72. The van der Waals surface area contributed by atoms with Crippen molar-refractivity contribution in [2.24, 2.45) is 5.92 Å². The van der Waals surface area contributed by atoms with Crippen molar-refractivity contribution in [3.05, 3.63) is 34.4 Å². The Morgan fingerprint density at radius 1 is 1.29 bits per heavy atom. The predicted octanol–water partition coefficient (Wildman–Crippen LogP) is 3.83. The van der Waals surface area contributed by atoms with Gasteiger partial charge in [-0.25, -0.2) is 0 Å². The Kier molecular flexibility index (Phi) is 6.16. The Balaban J connectivity index is 2.08. The number of hydrogen-bond donors (Lipinski definition) is 2. The zero-order valence-corrected chi connectivity index (χ0v) is 15.2. The highest BCUT2D eigenvalue weighted by molar-refractivity contribution is 5.84. The molecule has 0 amide bonds. The molecule has 0 radical (unpaired) electrons. The lowest BCUT2D eigenvalue weighted by Gasteiger charge is -2.33. The zero-order valence-electron chi connectivity index (χ0n) is 15.2. The highest BCUT2D eigenvalue weighted by atomic mass is 16.5. The van der Waals surface area contributed by atoms with E-state index in [0.29, 0.717) is 32.3 Å². The van der Waals surface area contributed by atoms with Crippen LogP contribution in [0.3, 0.4) is 0 Å². The van der Waals surface area contributed by atoms with Gasteiger partial charge in [-0.05, 0) is 63.1 Å². The van der Waals surface area contributed by atoms with Gasteiger partial charge >= 0.3 is 0 Å². The Labute approximate surface area is 144 Å². The molecule has 132 valence electrons. The molecule has 0 bridgehead atoms. The maximum atomic E-state index is 12.6. The fourth-order valence-corrected chi connectivity index (χ4v) is 4.09. The van der Waals surface area contributed by atoms with Crippen molar-refractivity contribution < 1.29 is 14.6 Å². The summed E-state index contributed by atoms with van der Waals surface area (Å²) in [5.41, 5.74) is 4.85. The van der Waals surface area contributed by atoms with Crippen LogP contribution in [0, 0.1) is 32.1 Å². The van der Waals surface area contributed by atoms with Crippen LogP contribution in [0.25, 0.3) is 0 Å². The van der Waals surface area contributed by atoms with E-state index < -0.39 is 6.10 Å². The summed E-state index contributed by atoms with van der Waals surface area (Å²) < 4.78 is 5.13. The first-order valence-corrected chi connectivity index (χ1v) is 8.82. The number of aliphatic hydroxyl groups excluding tert-OH is 1. The van der Waals surface area contributed by atoms with Gasteiger partial charge in [0.25, 0.3) is 0 Å². The van der Waals surface area contributed by atoms with Crippen molar-refractivity contribution >= 4 is 11.7 Å². The number of nitrogens with one attached hydrogen (secondary N) is 1. The zero-order chi connectivity index (χ0) is 17.9. The molecule has 0 saturated heterocycles. The lowest BCUT2D eigenvalue weighted by molar-refractivity contribution is -0.130. The third-order valence-electron chi connectivity index (χ3n) is 5.00. The first kappa shape index (κ1) is 18.7. The third kappa shape index (κ3) is 4.23. The molecule has 0 spiro atoms. The predicted molar refractivity (Wildman–Crippen MR) is 95.7 cm³/mol. The van der Waals surface area contributed by atoms with E-state index in [4.69, 9.17) is 10.1 Å². The molecule has 1 aromatic carbocycles. The van der Waals surface area contributed by atoms with Gasteiger partial charge in [-0.3, -0.25) is 10.2 Å². The van der Waals surface area contributed by atoms with E-state index in [9.17, 15) is 9.90 Å². The SMILES string of the molecule is CCOC(=N)CCC1C(=O)CC(c2c(C)cc(C)cc2C)CC1O. The van der Waals surface area contributed by atoms with E-state index in [0.717, 1.165) is 0 Å². The summed E-state index contributed by atoms with van der Waals surface area (Å²) in [6, 6.07) is 4.30. The fraction of sp³-hybridized carbons (Fsp3) is 0.600. The number of ketones is 1. The van der Waals surface area contributed by atoms with Crippen LogP contribution < -0.4 is 0 Å². The van der Waals surface area contributed by atoms with E-state index >= 15 is 0 Å². The number of aliphatic hydroxyl groups is 1. The van der Waals surface area contributed by atoms with Gasteiger partial charge in [0.2, 0.25) is 0 Å².